The highest BCUT2D eigenvalue weighted by atomic mass is 16.5. The predicted molar refractivity (Wildman–Crippen MR) is 110 cm³/mol. The van der Waals surface area contributed by atoms with E-state index in [1.165, 1.54) is 12.5 Å². The zero-order valence-corrected chi connectivity index (χ0v) is 16.0. The van der Waals surface area contributed by atoms with Crippen LogP contribution < -0.4 is 5.32 Å². The van der Waals surface area contributed by atoms with Crippen LogP contribution in [0.3, 0.4) is 0 Å². The van der Waals surface area contributed by atoms with Crippen LogP contribution in [0, 0.1) is 0 Å². The molecule has 3 aromatic carbocycles. The van der Waals surface area contributed by atoms with E-state index in [2.05, 4.69) is 17.4 Å². The molecule has 4 nitrogen and oxygen atoms in total. The molecule has 0 spiro atoms. The van der Waals surface area contributed by atoms with Crippen molar-refractivity contribution in [2.24, 2.45) is 0 Å². The highest BCUT2D eigenvalue weighted by Crippen LogP contribution is 2.22. The maximum absolute atomic E-state index is 10.9. The van der Waals surface area contributed by atoms with Crippen molar-refractivity contribution in [3.8, 4) is 5.75 Å². The molecule has 0 bridgehead atoms. The van der Waals surface area contributed by atoms with Gasteiger partial charge in [0.2, 0.25) is 0 Å². The van der Waals surface area contributed by atoms with Gasteiger partial charge < -0.3 is 15.2 Å². The molecule has 0 fully saturated rings. The molecule has 3 aromatic rings. The van der Waals surface area contributed by atoms with Crippen molar-refractivity contribution in [2.75, 3.05) is 0 Å². The Kier molecular flexibility index (Phi) is 6.82. The summed E-state index contributed by atoms with van der Waals surface area (Å²) in [7, 11) is 0. The second kappa shape index (κ2) is 9.72. The maximum Gasteiger partial charge on any atom is 0.302 e. The first-order chi connectivity index (χ1) is 13.6. The van der Waals surface area contributed by atoms with Crippen molar-refractivity contribution >= 4 is 5.97 Å². The van der Waals surface area contributed by atoms with Crippen LogP contribution in [0.15, 0.2) is 72.8 Å². The number of aromatic hydroxyl groups is 1. The summed E-state index contributed by atoms with van der Waals surface area (Å²) < 4.78 is 5.04. The van der Waals surface area contributed by atoms with Gasteiger partial charge in [-0.1, -0.05) is 66.7 Å². The van der Waals surface area contributed by atoms with Gasteiger partial charge in [0.15, 0.2) is 0 Å². The van der Waals surface area contributed by atoms with Crippen molar-refractivity contribution in [3.63, 3.8) is 0 Å². The van der Waals surface area contributed by atoms with Crippen LogP contribution in [0.25, 0.3) is 0 Å². The standard InChI is InChI=1S/C24H25NO3/c1-18(26)28-17-22-9-5-8-20(12-22)15-25-16-21-10-11-23(24(27)14-21)13-19-6-3-2-4-7-19/h2-12,14,25,27H,13,15-17H2,1H3. The number of nitrogens with one attached hydrogen (secondary N) is 1. The Hall–Kier alpha value is -3.11. The molecule has 2 N–H and O–H groups in total. The third kappa shape index (κ3) is 5.96. The summed E-state index contributed by atoms with van der Waals surface area (Å²) in [5, 5.41) is 13.7. The van der Waals surface area contributed by atoms with E-state index in [4.69, 9.17) is 4.74 Å². The third-order valence-corrected chi connectivity index (χ3v) is 4.48. The number of hydrogen-bond donors (Lipinski definition) is 2. The topological polar surface area (TPSA) is 58.6 Å². The van der Waals surface area contributed by atoms with E-state index < -0.39 is 0 Å². The Morgan fingerprint density at radius 3 is 2.25 bits per heavy atom. The van der Waals surface area contributed by atoms with Crippen molar-refractivity contribution in [1.82, 2.24) is 5.32 Å². The molecule has 0 saturated heterocycles. The normalized spacial score (nSPS) is 10.6. The number of esters is 1. The fraction of sp³-hybridized carbons (Fsp3) is 0.208. The summed E-state index contributed by atoms with van der Waals surface area (Å²) in [6.07, 6.45) is 0.718. The van der Waals surface area contributed by atoms with Gasteiger partial charge in [-0.2, -0.15) is 0 Å². The molecular weight excluding hydrogens is 350 g/mol. The minimum atomic E-state index is -0.279. The molecule has 3 rings (SSSR count). The molecule has 0 aliphatic heterocycles. The Morgan fingerprint density at radius 1 is 0.857 bits per heavy atom. The van der Waals surface area contributed by atoms with Gasteiger partial charge in [-0.3, -0.25) is 4.79 Å². The number of rotatable bonds is 8. The van der Waals surface area contributed by atoms with Crippen molar-refractivity contribution < 1.29 is 14.6 Å². The largest absolute Gasteiger partial charge is 0.508 e. The van der Waals surface area contributed by atoms with Crippen LogP contribution in [0.4, 0.5) is 0 Å². The highest BCUT2D eigenvalue weighted by molar-refractivity contribution is 5.65. The van der Waals surface area contributed by atoms with Crippen molar-refractivity contribution in [3.05, 3.63) is 101 Å². The summed E-state index contributed by atoms with van der Waals surface area (Å²) in [5.41, 5.74) is 5.22. The van der Waals surface area contributed by atoms with Gasteiger partial charge in [0, 0.05) is 26.4 Å². The molecule has 0 heterocycles. The van der Waals surface area contributed by atoms with Gasteiger partial charge in [-0.15, -0.1) is 0 Å². The summed E-state index contributed by atoms with van der Waals surface area (Å²) >= 11 is 0. The Labute approximate surface area is 165 Å². The molecule has 4 heteroatoms. The number of phenolic OH excluding ortho intramolecular Hbond substituents is 1. The number of carbonyl (C=O) groups is 1. The molecule has 0 saturated carbocycles. The number of phenols is 1. The van der Waals surface area contributed by atoms with Crippen LogP contribution in [-0.4, -0.2) is 11.1 Å². The monoisotopic (exact) mass is 375 g/mol. The zero-order valence-electron chi connectivity index (χ0n) is 16.0. The minimum Gasteiger partial charge on any atom is -0.508 e. The van der Waals surface area contributed by atoms with Gasteiger partial charge in [-0.05, 0) is 33.9 Å². The molecule has 144 valence electrons. The minimum absolute atomic E-state index is 0.279. The smallest absolute Gasteiger partial charge is 0.302 e. The molecule has 0 atom stereocenters. The zero-order chi connectivity index (χ0) is 19.8. The SMILES string of the molecule is CC(=O)OCc1cccc(CNCc2ccc(Cc3ccccc3)c(O)c2)c1. The predicted octanol–water partition coefficient (Wildman–Crippen LogP) is 4.34. The number of carbonyl (C=O) groups excluding carboxylic acids is 1. The summed E-state index contributed by atoms with van der Waals surface area (Å²) in [6.45, 7) is 3.06. The molecule has 0 aromatic heterocycles. The number of hydrogen-bond acceptors (Lipinski definition) is 4. The second-order valence-electron chi connectivity index (χ2n) is 6.83. The van der Waals surface area contributed by atoms with Gasteiger partial charge >= 0.3 is 5.97 Å². The molecule has 0 aliphatic carbocycles. The van der Waals surface area contributed by atoms with Gasteiger partial charge in [-0.25, -0.2) is 0 Å². The lowest BCUT2D eigenvalue weighted by atomic mass is 10.0. The van der Waals surface area contributed by atoms with Crippen LogP contribution in [-0.2, 0) is 35.6 Å². The summed E-state index contributed by atoms with van der Waals surface area (Å²) in [4.78, 5) is 10.9. The Morgan fingerprint density at radius 2 is 1.54 bits per heavy atom. The lowest BCUT2D eigenvalue weighted by molar-refractivity contribution is -0.142. The average molecular weight is 375 g/mol. The molecular formula is C24H25NO3. The lowest BCUT2D eigenvalue weighted by Gasteiger charge is -2.10. The van der Waals surface area contributed by atoms with Crippen molar-refractivity contribution in [2.45, 2.75) is 33.0 Å². The van der Waals surface area contributed by atoms with Crippen LogP contribution >= 0.6 is 0 Å². The molecule has 0 radical (unpaired) electrons. The van der Waals surface area contributed by atoms with Crippen LogP contribution in [0.2, 0.25) is 0 Å². The third-order valence-electron chi connectivity index (χ3n) is 4.48. The quantitative estimate of drug-likeness (QED) is 0.575. The Balaban J connectivity index is 1.53. The van der Waals surface area contributed by atoms with Gasteiger partial charge in [0.1, 0.15) is 12.4 Å². The summed E-state index contributed by atoms with van der Waals surface area (Å²) in [6, 6.07) is 23.9. The van der Waals surface area contributed by atoms with Crippen LogP contribution in [0.5, 0.6) is 5.75 Å². The Bertz CT molecular complexity index is 922. The molecule has 0 aliphatic rings. The average Bonchev–Trinajstić information content (AvgIpc) is 2.70. The first-order valence-corrected chi connectivity index (χ1v) is 9.37. The van der Waals surface area contributed by atoms with Crippen molar-refractivity contribution in [1.29, 1.82) is 0 Å². The van der Waals surface area contributed by atoms with E-state index in [0.717, 1.165) is 28.7 Å². The number of ether oxygens (including phenoxy) is 1. The van der Waals surface area contributed by atoms with E-state index >= 15 is 0 Å². The molecule has 0 amide bonds. The maximum atomic E-state index is 10.9. The first kappa shape index (κ1) is 19.6. The van der Waals surface area contributed by atoms with E-state index in [1.54, 1.807) is 0 Å². The fourth-order valence-corrected chi connectivity index (χ4v) is 3.05. The molecule has 28 heavy (non-hydrogen) atoms. The summed E-state index contributed by atoms with van der Waals surface area (Å²) in [5.74, 6) is 0.0468. The van der Waals surface area contributed by atoms with E-state index in [0.29, 0.717) is 25.4 Å². The highest BCUT2D eigenvalue weighted by Gasteiger charge is 2.05. The van der Waals surface area contributed by atoms with Crippen LogP contribution in [0.1, 0.15) is 34.7 Å². The number of benzene rings is 3. The van der Waals surface area contributed by atoms with Gasteiger partial charge in [0.05, 0.1) is 0 Å². The fourth-order valence-electron chi connectivity index (χ4n) is 3.05. The first-order valence-electron chi connectivity index (χ1n) is 9.37. The van der Waals surface area contributed by atoms with E-state index in [9.17, 15) is 9.90 Å². The molecule has 0 unspecified atom stereocenters. The lowest BCUT2D eigenvalue weighted by Crippen LogP contribution is -2.13. The van der Waals surface area contributed by atoms with E-state index in [1.807, 2.05) is 60.7 Å². The van der Waals surface area contributed by atoms with E-state index in [-0.39, 0.29) is 5.97 Å². The van der Waals surface area contributed by atoms with Gasteiger partial charge in [0.25, 0.3) is 0 Å². The second-order valence-corrected chi connectivity index (χ2v) is 6.83.